The van der Waals surface area contributed by atoms with Crippen molar-refractivity contribution < 1.29 is 19.2 Å². The van der Waals surface area contributed by atoms with Crippen molar-refractivity contribution in [3.63, 3.8) is 0 Å². The number of nitrogens with zero attached hydrogens (tertiary/aromatic N) is 1. The third kappa shape index (κ3) is 4.50. The smallest absolute Gasteiger partial charge is 0.333 e. The summed E-state index contributed by atoms with van der Waals surface area (Å²) in [5.74, 6) is -0.635. The minimum absolute atomic E-state index is 0.113. The lowest BCUT2D eigenvalue weighted by molar-refractivity contribution is -0.186. The molecule has 0 aromatic rings. The molecule has 0 unspecified atom stereocenters. The Bertz CT molecular complexity index is 390. The first kappa shape index (κ1) is 15.4. The van der Waals surface area contributed by atoms with Crippen molar-refractivity contribution in [1.29, 1.82) is 0 Å². The molecule has 1 aliphatic rings. The number of amides is 1. The van der Waals surface area contributed by atoms with E-state index in [4.69, 9.17) is 4.84 Å². The predicted molar refractivity (Wildman–Crippen MR) is 69.6 cm³/mol. The fourth-order valence-electron chi connectivity index (χ4n) is 1.66. The van der Waals surface area contributed by atoms with Crippen LogP contribution in [0.5, 0.6) is 0 Å². The van der Waals surface area contributed by atoms with Crippen molar-refractivity contribution in [2.45, 2.75) is 52.9 Å². The molecule has 1 saturated heterocycles. The van der Waals surface area contributed by atoms with Crippen LogP contribution in [0.15, 0.2) is 12.3 Å². The summed E-state index contributed by atoms with van der Waals surface area (Å²) >= 11 is 0. The van der Waals surface area contributed by atoms with E-state index in [-0.39, 0.29) is 23.5 Å². The molecule has 0 radical (unpaired) electrons. The molecule has 0 aromatic carbocycles. The molecule has 5 nitrogen and oxygen atoms in total. The zero-order chi connectivity index (χ0) is 14.6. The third-order valence-electron chi connectivity index (χ3n) is 2.96. The van der Waals surface area contributed by atoms with Crippen LogP contribution in [-0.4, -0.2) is 22.7 Å². The number of allylic oxidation sites excluding steroid dienone is 1. The van der Waals surface area contributed by atoms with Gasteiger partial charge in [0.1, 0.15) is 5.78 Å². The first-order valence-corrected chi connectivity index (χ1v) is 6.46. The number of carbonyl (C=O) groups excluding carboxylic acids is 3. The highest BCUT2D eigenvalue weighted by Gasteiger charge is 2.28. The van der Waals surface area contributed by atoms with E-state index < -0.39 is 5.97 Å². The Kier molecular flexibility index (Phi) is 4.86. The molecule has 106 valence electrons. The average Bonchev–Trinajstić information content (AvgIpc) is 2.59. The zero-order valence-electron chi connectivity index (χ0n) is 11.8. The summed E-state index contributed by atoms with van der Waals surface area (Å²) in [4.78, 5) is 39.5. The molecule has 0 aliphatic carbocycles. The summed E-state index contributed by atoms with van der Waals surface area (Å²) < 4.78 is 0. The van der Waals surface area contributed by atoms with Gasteiger partial charge in [-0.2, -0.15) is 0 Å². The summed E-state index contributed by atoms with van der Waals surface area (Å²) in [6.07, 6.45) is 1.75. The van der Waals surface area contributed by atoms with E-state index in [0.29, 0.717) is 31.4 Å². The van der Waals surface area contributed by atoms with Gasteiger partial charge in [-0.25, -0.2) is 4.79 Å². The van der Waals surface area contributed by atoms with Gasteiger partial charge in [-0.1, -0.05) is 27.4 Å². The van der Waals surface area contributed by atoms with Crippen molar-refractivity contribution in [3.05, 3.63) is 12.3 Å². The summed E-state index contributed by atoms with van der Waals surface area (Å²) in [6, 6.07) is 0. The Balaban J connectivity index is 2.31. The van der Waals surface area contributed by atoms with Crippen LogP contribution in [0.25, 0.3) is 0 Å². The van der Waals surface area contributed by atoms with Gasteiger partial charge in [-0.15, -0.1) is 5.06 Å². The second kappa shape index (κ2) is 5.99. The summed E-state index contributed by atoms with van der Waals surface area (Å²) in [7, 11) is 0. The fraction of sp³-hybridized carbons (Fsp3) is 0.643. The van der Waals surface area contributed by atoms with Crippen LogP contribution < -0.4 is 0 Å². The van der Waals surface area contributed by atoms with Gasteiger partial charge in [0, 0.05) is 24.7 Å². The first-order chi connectivity index (χ1) is 8.71. The molecule has 1 amide bonds. The molecule has 0 spiro atoms. The van der Waals surface area contributed by atoms with E-state index in [1.54, 1.807) is 0 Å². The predicted octanol–water partition coefficient (Wildman–Crippen LogP) is 2.37. The van der Waals surface area contributed by atoms with Crippen LogP contribution >= 0.6 is 0 Å². The number of hydroxylamine groups is 2. The van der Waals surface area contributed by atoms with Crippen LogP contribution in [-0.2, 0) is 19.2 Å². The highest BCUT2D eigenvalue weighted by molar-refractivity contribution is 5.84. The molecule has 0 bridgehead atoms. The quantitative estimate of drug-likeness (QED) is 0.767. The normalized spacial score (nSPS) is 15.8. The third-order valence-corrected chi connectivity index (χ3v) is 2.96. The zero-order valence-corrected chi connectivity index (χ0v) is 11.8. The minimum Gasteiger partial charge on any atom is -0.334 e. The summed E-state index contributed by atoms with van der Waals surface area (Å²) in [6.45, 7) is 9.20. The standard InChI is InChI=1S/C14H21NO4/c1-10-8-9-12(17)15(10)19-13(18)7-5-6-11(16)14(2,3)4/h1,5-9H2,2-4H3. The minimum atomic E-state index is -0.502. The van der Waals surface area contributed by atoms with E-state index in [0.717, 1.165) is 5.06 Å². The van der Waals surface area contributed by atoms with Crippen molar-refractivity contribution in [2.75, 3.05) is 0 Å². The maximum atomic E-state index is 11.7. The number of hydrogen-bond acceptors (Lipinski definition) is 4. The van der Waals surface area contributed by atoms with Crippen LogP contribution in [0.3, 0.4) is 0 Å². The van der Waals surface area contributed by atoms with Gasteiger partial charge in [0.15, 0.2) is 0 Å². The molecule has 1 rings (SSSR count). The number of hydrogen-bond donors (Lipinski definition) is 0. The molecular formula is C14H21NO4. The van der Waals surface area contributed by atoms with E-state index in [2.05, 4.69) is 6.58 Å². The maximum absolute atomic E-state index is 11.7. The molecular weight excluding hydrogens is 246 g/mol. The molecule has 1 heterocycles. The van der Waals surface area contributed by atoms with Crippen molar-refractivity contribution >= 4 is 17.7 Å². The van der Waals surface area contributed by atoms with Crippen molar-refractivity contribution in [3.8, 4) is 0 Å². The Morgan fingerprint density at radius 2 is 1.89 bits per heavy atom. The van der Waals surface area contributed by atoms with E-state index in [1.165, 1.54) is 0 Å². The SMILES string of the molecule is C=C1CCC(=O)N1OC(=O)CCCC(=O)C(C)(C)C. The Labute approximate surface area is 113 Å². The van der Waals surface area contributed by atoms with Gasteiger partial charge in [0.2, 0.25) is 0 Å². The van der Waals surface area contributed by atoms with Crippen molar-refractivity contribution in [1.82, 2.24) is 5.06 Å². The molecule has 5 heteroatoms. The van der Waals surface area contributed by atoms with Crippen LogP contribution in [0.4, 0.5) is 0 Å². The van der Waals surface area contributed by atoms with Crippen LogP contribution in [0.1, 0.15) is 52.9 Å². The molecule has 19 heavy (non-hydrogen) atoms. The molecule has 0 N–H and O–H groups in total. The van der Waals surface area contributed by atoms with Gasteiger partial charge in [-0.05, 0) is 12.8 Å². The summed E-state index contributed by atoms with van der Waals surface area (Å²) in [5.41, 5.74) is 0.118. The van der Waals surface area contributed by atoms with E-state index in [1.807, 2.05) is 20.8 Å². The van der Waals surface area contributed by atoms with Gasteiger partial charge in [-0.3, -0.25) is 9.59 Å². The molecule has 0 saturated carbocycles. The Morgan fingerprint density at radius 1 is 1.26 bits per heavy atom. The number of ketones is 1. The first-order valence-electron chi connectivity index (χ1n) is 6.46. The highest BCUT2D eigenvalue weighted by atomic mass is 16.7. The molecule has 0 atom stereocenters. The lowest BCUT2D eigenvalue weighted by Gasteiger charge is -2.17. The second-order valence-electron chi connectivity index (χ2n) is 5.74. The van der Waals surface area contributed by atoms with Crippen LogP contribution in [0.2, 0.25) is 0 Å². The summed E-state index contributed by atoms with van der Waals surface area (Å²) in [5, 5.41) is 0.966. The molecule has 0 aromatic heterocycles. The molecule has 1 aliphatic heterocycles. The van der Waals surface area contributed by atoms with Gasteiger partial charge in [0.05, 0.1) is 5.70 Å². The molecule has 1 fully saturated rings. The highest BCUT2D eigenvalue weighted by Crippen LogP contribution is 2.22. The average molecular weight is 267 g/mol. The largest absolute Gasteiger partial charge is 0.334 e. The maximum Gasteiger partial charge on any atom is 0.333 e. The Hall–Kier alpha value is -1.65. The lowest BCUT2D eigenvalue weighted by atomic mass is 9.88. The van der Waals surface area contributed by atoms with Crippen molar-refractivity contribution in [2.24, 2.45) is 5.41 Å². The topological polar surface area (TPSA) is 63.7 Å². The Morgan fingerprint density at radius 3 is 2.37 bits per heavy atom. The lowest BCUT2D eigenvalue weighted by Crippen LogP contribution is -2.27. The van der Waals surface area contributed by atoms with E-state index >= 15 is 0 Å². The second-order valence-corrected chi connectivity index (χ2v) is 5.74. The van der Waals surface area contributed by atoms with E-state index in [9.17, 15) is 14.4 Å². The van der Waals surface area contributed by atoms with Crippen LogP contribution in [0, 0.1) is 5.41 Å². The number of Topliss-reactive ketones (excluding diaryl/α,β-unsaturated/α-hetero) is 1. The van der Waals surface area contributed by atoms with Gasteiger partial charge >= 0.3 is 5.97 Å². The monoisotopic (exact) mass is 267 g/mol. The number of carbonyl (C=O) groups is 3. The van der Waals surface area contributed by atoms with Gasteiger partial charge < -0.3 is 4.84 Å². The number of rotatable bonds is 5. The fourth-order valence-corrected chi connectivity index (χ4v) is 1.66. The van der Waals surface area contributed by atoms with Gasteiger partial charge in [0.25, 0.3) is 5.91 Å².